The second-order valence-corrected chi connectivity index (χ2v) is 9.13. The molecule has 0 atom stereocenters. The Bertz CT molecular complexity index is 1290. The lowest BCUT2D eigenvalue weighted by molar-refractivity contribution is -0.116. The quantitative estimate of drug-likeness (QED) is 0.346. The van der Waals surface area contributed by atoms with Crippen LogP contribution in [0.4, 0.5) is 5.69 Å². The van der Waals surface area contributed by atoms with E-state index in [0.29, 0.717) is 11.0 Å². The molecule has 6 nitrogen and oxygen atoms in total. The molecular formula is C27H26N4O2S. The van der Waals surface area contributed by atoms with Gasteiger partial charge in [-0.15, -0.1) is 10.2 Å². The SMILES string of the molecule is Cc1ccccc1OCc1nnc(SCC(=O)N2CCCc3ccccc32)n1-c1ccccc1. The fourth-order valence-electron chi connectivity index (χ4n) is 4.18. The maximum Gasteiger partial charge on any atom is 0.237 e. The summed E-state index contributed by atoms with van der Waals surface area (Å²) >= 11 is 1.41. The molecule has 1 aliphatic rings. The normalized spacial score (nSPS) is 12.9. The molecule has 0 fully saturated rings. The minimum Gasteiger partial charge on any atom is -0.485 e. The van der Waals surface area contributed by atoms with Crippen LogP contribution in [0.2, 0.25) is 0 Å². The third-order valence-corrected chi connectivity index (χ3v) is 6.81. The van der Waals surface area contributed by atoms with Gasteiger partial charge in [-0.1, -0.05) is 66.4 Å². The number of carbonyl (C=O) groups excluding carboxylic acids is 1. The summed E-state index contributed by atoms with van der Waals surface area (Å²) in [4.78, 5) is 15.1. The number of aryl methyl sites for hydroxylation is 2. The minimum absolute atomic E-state index is 0.0810. The molecule has 4 aromatic rings. The summed E-state index contributed by atoms with van der Waals surface area (Å²) in [6.45, 7) is 3.04. The first kappa shape index (κ1) is 22.2. The van der Waals surface area contributed by atoms with E-state index in [2.05, 4.69) is 16.3 Å². The topological polar surface area (TPSA) is 60.3 Å². The number of fused-ring (bicyclic) bond motifs is 1. The van der Waals surface area contributed by atoms with Crippen molar-refractivity contribution in [1.82, 2.24) is 14.8 Å². The van der Waals surface area contributed by atoms with Crippen LogP contribution in [0, 0.1) is 6.92 Å². The van der Waals surface area contributed by atoms with Gasteiger partial charge < -0.3 is 9.64 Å². The minimum atomic E-state index is 0.0810. The number of ether oxygens (including phenoxy) is 1. The number of nitrogens with zero attached hydrogens (tertiary/aromatic N) is 4. The highest BCUT2D eigenvalue weighted by Crippen LogP contribution is 2.29. The van der Waals surface area contributed by atoms with Crippen LogP contribution in [-0.4, -0.2) is 33.0 Å². The van der Waals surface area contributed by atoms with E-state index in [1.54, 1.807) is 0 Å². The van der Waals surface area contributed by atoms with Gasteiger partial charge in [-0.2, -0.15) is 0 Å². The number of thioether (sulfide) groups is 1. The van der Waals surface area contributed by atoms with Gasteiger partial charge in [0.15, 0.2) is 11.0 Å². The Morgan fingerprint density at radius 3 is 2.59 bits per heavy atom. The standard InChI is InChI=1S/C27H26N4O2S/c1-20-10-5-8-16-24(20)33-18-25-28-29-27(31(25)22-13-3-2-4-14-22)34-19-26(32)30-17-9-12-21-11-6-7-15-23(21)30/h2-8,10-11,13-16H,9,12,17-19H2,1H3. The van der Waals surface area contributed by atoms with Gasteiger partial charge in [-0.3, -0.25) is 9.36 Å². The zero-order chi connectivity index (χ0) is 23.3. The Kier molecular flexibility index (Phi) is 6.62. The maximum atomic E-state index is 13.2. The summed E-state index contributed by atoms with van der Waals surface area (Å²) in [7, 11) is 0. The average molecular weight is 471 g/mol. The average Bonchev–Trinajstić information content (AvgIpc) is 3.29. The van der Waals surface area contributed by atoms with Gasteiger partial charge in [0.05, 0.1) is 5.75 Å². The second-order valence-electron chi connectivity index (χ2n) is 8.19. The third kappa shape index (κ3) is 4.70. The van der Waals surface area contributed by atoms with Gasteiger partial charge in [-0.25, -0.2) is 0 Å². The molecule has 0 aliphatic carbocycles. The molecule has 0 unspecified atom stereocenters. The van der Waals surface area contributed by atoms with Crippen molar-refractivity contribution in [2.45, 2.75) is 31.5 Å². The number of carbonyl (C=O) groups is 1. The summed E-state index contributed by atoms with van der Waals surface area (Å²) in [6, 6.07) is 26.0. The Labute approximate surface area is 203 Å². The van der Waals surface area contributed by atoms with Crippen molar-refractivity contribution in [1.29, 1.82) is 0 Å². The first-order valence-corrected chi connectivity index (χ1v) is 12.4. The highest BCUT2D eigenvalue weighted by atomic mass is 32.2. The van der Waals surface area contributed by atoms with Crippen LogP contribution in [0.25, 0.3) is 5.69 Å². The van der Waals surface area contributed by atoms with Crippen LogP contribution in [0.5, 0.6) is 5.75 Å². The van der Waals surface area contributed by atoms with E-state index in [-0.39, 0.29) is 18.3 Å². The molecule has 7 heteroatoms. The van der Waals surface area contributed by atoms with E-state index in [1.807, 2.05) is 89.2 Å². The molecule has 0 bridgehead atoms. The van der Waals surface area contributed by atoms with Crippen LogP contribution < -0.4 is 9.64 Å². The number of anilines is 1. The van der Waals surface area contributed by atoms with Crippen molar-refractivity contribution in [3.05, 3.63) is 95.8 Å². The van der Waals surface area contributed by atoms with Crippen molar-refractivity contribution in [3.63, 3.8) is 0 Å². The van der Waals surface area contributed by atoms with Gasteiger partial charge in [0.2, 0.25) is 5.91 Å². The Hall–Kier alpha value is -3.58. The number of para-hydroxylation sites is 3. The van der Waals surface area contributed by atoms with Crippen molar-refractivity contribution in [2.75, 3.05) is 17.2 Å². The van der Waals surface area contributed by atoms with Crippen LogP contribution in [0.3, 0.4) is 0 Å². The first-order valence-electron chi connectivity index (χ1n) is 11.4. The Morgan fingerprint density at radius 1 is 0.971 bits per heavy atom. The van der Waals surface area contributed by atoms with Crippen molar-refractivity contribution in [2.24, 2.45) is 0 Å². The van der Waals surface area contributed by atoms with E-state index >= 15 is 0 Å². The van der Waals surface area contributed by atoms with Gasteiger partial charge in [0.25, 0.3) is 0 Å². The molecule has 5 rings (SSSR count). The molecule has 1 aromatic heterocycles. The van der Waals surface area contributed by atoms with Crippen LogP contribution in [-0.2, 0) is 17.8 Å². The zero-order valence-electron chi connectivity index (χ0n) is 19.1. The molecule has 2 heterocycles. The van der Waals surface area contributed by atoms with E-state index < -0.39 is 0 Å². The summed E-state index contributed by atoms with van der Waals surface area (Å²) < 4.78 is 8.02. The summed E-state index contributed by atoms with van der Waals surface area (Å²) in [5.41, 5.74) is 4.26. The maximum absolute atomic E-state index is 13.2. The molecule has 0 radical (unpaired) electrons. The fourth-order valence-corrected chi connectivity index (χ4v) is 5.03. The monoisotopic (exact) mass is 470 g/mol. The molecule has 0 saturated heterocycles. The summed E-state index contributed by atoms with van der Waals surface area (Å²) in [5, 5.41) is 9.49. The van der Waals surface area contributed by atoms with Crippen molar-refractivity contribution >= 4 is 23.4 Å². The van der Waals surface area contributed by atoms with E-state index in [4.69, 9.17) is 4.74 Å². The lowest BCUT2D eigenvalue weighted by atomic mass is 10.0. The number of benzene rings is 3. The fraction of sp³-hybridized carbons (Fsp3) is 0.222. The summed E-state index contributed by atoms with van der Waals surface area (Å²) in [6.07, 6.45) is 1.99. The number of rotatable bonds is 7. The van der Waals surface area contributed by atoms with Gasteiger partial charge in [-0.05, 0) is 55.2 Å². The van der Waals surface area contributed by atoms with Crippen molar-refractivity contribution < 1.29 is 9.53 Å². The molecule has 0 spiro atoms. The third-order valence-electron chi connectivity index (χ3n) is 5.90. The Balaban J connectivity index is 1.36. The molecule has 34 heavy (non-hydrogen) atoms. The number of amides is 1. The lowest BCUT2D eigenvalue weighted by Gasteiger charge is -2.29. The molecule has 0 N–H and O–H groups in total. The molecule has 3 aromatic carbocycles. The zero-order valence-corrected chi connectivity index (χ0v) is 19.9. The summed E-state index contributed by atoms with van der Waals surface area (Å²) in [5.74, 6) is 1.88. The van der Waals surface area contributed by atoms with Gasteiger partial charge in [0, 0.05) is 17.9 Å². The molecule has 0 saturated carbocycles. The molecule has 172 valence electrons. The Morgan fingerprint density at radius 2 is 1.74 bits per heavy atom. The molecular weight excluding hydrogens is 444 g/mol. The largest absolute Gasteiger partial charge is 0.485 e. The van der Waals surface area contributed by atoms with E-state index in [9.17, 15) is 4.79 Å². The van der Waals surface area contributed by atoms with Crippen molar-refractivity contribution in [3.8, 4) is 11.4 Å². The van der Waals surface area contributed by atoms with Gasteiger partial charge in [0.1, 0.15) is 12.4 Å². The predicted octanol–water partition coefficient (Wildman–Crippen LogP) is 5.23. The van der Waals surface area contributed by atoms with Crippen LogP contribution in [0.15, 0.2) is 84.0 Å². The second kappa shape index (κ2) is 10.1. The first-order chi connectivity index (χ1) is 16.7. The smallest absolute Gasteiger partial charge is 0.237 e. The van der Waals surface area contributed by atoms with E-state index in [1.165, 1.54) is 17.3 Å². The number of aromatic nitrogens is 3. The number of hydrogen-bond donors (Lipinski definition) is 0. The predicted molar refractivity (Wildman–Crippen MR) is 135 cm³/mol. The number of hydrogen-bond acceptors (Lipinski definition) is 5. The van der Waals surface area contributed by atoms with Gasteiger partial charge >= 0.3 is 0 Å². The van der Waals surface area contributed by atoms with Crippen LogP contribution >= 0.6 is 11.8 Å². The lowest BCUT2D eigenvalue weighted by Crippen LogP contribution is -2.36. The molecule has 1 aliphatic heterocycles. The highest BCUT2D eigenvalue weighted by Gasteiger charge is 2.23. The van der Waals surface area contributed by atoms with E-state index in [0.717, 1.165) is 42.1 Å². The van der Waals surface area contributed by atoms with Crippen LogP contribution in [0.1, 0.15) is 23.4 Å². The molecule has 1 amide bonds. The highest BCUT2D eigenvalue weighted by molar-refractivity contribution is 7.99.